The molecule has 0 unspecified atom stereocenters. The quantitative estimate of drug-likeness (QED) is 0.243. The maximum Gasteiger partial charge on any atom is 0.307 e. The van der Waals surface area contributed by atoms with Crippen molar-refractivity contribution in [3.63, 3.8) is 0 Å². The molecule has 1 saturated heterocycles. The second kappa shape index (κ2) is 10.7. The van der Waals surface area contributed by atoms with Gasteiger partial charge in [0.1, 0.15) is 11.9 Å². The number of rotatable bonds is 9. The fraction of sp³-hybridized carbons (Fsp3) is 0.515. The number of ether oxygens (including phenoxy) is 3. The molecule has 1 amide bonds. The Labute approximate surface area is 241 Å². The van der Waals surface area contributed by atoms with Gasteiger partial charge in [-0.2, -0.15) is 0 Å². The minimum atomic E-state index is -0.337. The molecule has 1 saturated carbocycles. The van der Waals surface area contributed by atoms with Crippen LogP contribution in [0.3, 0.4) is 0 Å². The summed E-state index contributed by atoms with van der Waals surface area (Å²) >= 11 is 0. The zero-order valence-electron chi connectivity index (χ0n) is 24.4. The van der Waals surface area contributed by atoms with E-state index in [1.165, 1.54) is 18.1 Å². The summed E-state index contributed by atoms with van der Waals surface area (Å²) in [6.07, 6.45) is 10.2. The molecule has 0 radical (unpaired) electrons. The van der Waals surface area contributed by atoms with E-state index in [4.69, 9.17) is 18.6 Å². The van der Waals surface area contributed by atoms with Crippen molar-refractivity contribution in [1.82, 2.24) is 9.80 Å². The number of nitrogens with zero attached hydrogens (tertiary/aromatic N) is 2. The number of esters is 1. The topological polar surface area (TPSA) is 81.5 Å². The third-order valence-corrected chi connectivity index (χ3v) is 9.48. The van der Waals surface area contributed by atoms with Crippen LogP contribution < -0.4 is 9.47 Å². The summed E-state index contributed by atoms with van der Waals surface area (Å²) in [6, 6.07) is 6.25. The van der Waals surface area contributed by atoms with E-state index in [1.54, 1.807) is 25.7 Å². The van der Waals surface area contributed by atoms with Gasteiger partial charge in [0.15, 0.2) is 11.5 Å². The van der Waals surface area contributed by atoms with E-state index in [-0.39, 0.29) is 35.5 Å². The van der Waals surface area contributed by atoms with Gasteiger partial charge in [0.2, 0.25) is 5.91 Å². The normalized spacial score (nSPS) is 27.8. The summed E-state index contributed by atoms with van der Waals surface area (Å²) in [5, 5.41) is 0. The average molecular weight is 561 g/mol. The highest BCUT2D eigenvalue weighted by molar-refractivity contribution is 5.92. The second-order valence-corrected chi connectivity index (χ2v) is 12.4. The summed E-state index contributed by atoms with van der Waals surface area (Å²) < 4.78 is 23.3. The van der Waals surface area contributed by atoms with Crippen molar-refractivity contribution >= 4 is 18.0 Å². The Hall–Kier alpha value is -3.52. The largest absolute Gasteiger partial charge is 0.493 e. The maximum atomic E-state index is 13.8. The van der Waals surface area contributed by atoms with E-state index in [2.05, 4.69) is 31.4 Å². The average Bonchev–Trinajstić information content (AvgIpc) is 3.57. The van der Waals surface area contributed by atoms with Crippen molar-refractivity contribution in [2.24, 2.45) is 11.8 Å². The molecule has 218 valence electrons. The molecule has 2 aliphatic carbocycles. The van der Waals surface area contributed by atoms with Crippen molar-refractivity contribution in [2.75, 3.05) is 26.7 Å². The summed E-state index contributed by atoms with van der Waals surface area (Å²) in [6.45, 7) is 11.8. The Morgan fingerprint density at radius 2 is 2.10 bits per heavy atom. The molecule has 6 rings (SSSR count). The Morgan fingerprint density at radius 1 is 1.27 bits per heavy atom. The first-order chi connectivity index (χ1) is 19.7. The number of piperidine rings is 1. The molecular weight excluding hydrogens is 520 g/mol. The Morgan fingerprint density at radius 3 is 2.80 bits per heavy atom. The van der Waals surface area contributed by atoms with Crippen LogP contribution in [0, 0.1) is 11.8 Å². The third-order valence-electron chi connectivity index (χ3n) is 9.48. The molecule has 1 aromatic heterocycles. The van der Waals surface area contributed by atoms with Gasteiger partial charge in [-0.25, -0.2) is 0 Å². The lowest BCUT2D eigenvalue weighted by atomic mass is 9.51. The monoisotopic (exact) mass is 560 g/mol. The zero-order valence-corrected chi connectivity index (χ0v) is 24.4. The fourth-order valence-electron chi connectivity index (χ4n) is 8.14. The van der Waals surface area contributed by atoms with Crippen LogP contribution in [0.25, 0.3) is 6.08 Å². The fourth-order valence-corrected chi connectivity index (χ4v) is 8.14. The van der Waals surface area contributed by atoms with Gasteiger partial charge in [0.05, 0.1) is 32.2 Å². The van der Waals surface area contributed by atoms with E-state index in [0.29, 0.717) is 30.7 Å². The van der Waals surface area contributed by atoms with Crippen molar-refractivity contribution in [1.29, 1.82) is 0 Å². The lowest BCUT2D eigenvalue weighted by Crippen LogP contribution is -2.69. The summed E-state index contributed by atoms with van der Waals surface area (Å²) in [5.74, 6) is 2.41. The standard InChI is InChI=1S/C33H40N2O6/c1-20(2)17-35(29(37)11-6-23-12-15-39-19-23)26-9-8-25-27-16-24-7-10-28(38-5)31-30(24)33(25,32(26)41-31)13-14-34(27)18-21(3)40-22(4)36/h6-7,10-12,15,19-20,25-27,32H,3,8-9,13-14,16-18H2,1-2,4-5H3/t25-,26-,27+,32-,33-/m0/s1. The van der Waals surface area contributed by atoms with Gasteiger partial charge in [-0.15, -0.1) is 0 Å². The van der Waals surface area contributed by atoms with Crippen LogP contribution in [0.2, 0.25) is 0 Å². The number of carbonyl (C=O) groups is 2. The molecule has 8 nitrogen and oxygen atoms in total. The molecule has 5 atom stereocenters. The number of methoxy groups -OCH3 is 1. The highest BCUT2D eigenvalue weighted by Crippen LogP contribution is 2.64. The van der Waals surface area contributed by atoms with Gasteiger partial charge in [0.25, 0.3) is 0 Å². The number of amides is 1. The van der Waals surface area contributed by atoms with Gasteiger partial charge in [0, 0.05) is 42.1 Å². The number of furan rings is 1. The second-order valence-electron chi connectivity index (χ2n) is 12.4. The molecule has 2 fully saturated rings. The molecule has 8 heteroatoms. The molecule has 2 bridgehead atoms. The lowest BCUT2D eigenvalue weighted by molar-refractivity contribution is -0.141. The first-order valence-electron chi connectivity index (χ1n) is 14.7. The summed E-state index contributed by atoms with van der Waals surface area (Å²) in [4.78, 5) is 29.9. The minimum Gasteiger partial charge on any atom is -0.493 e. The smallest absolute Gasteiger partial charge is 0.307 e. The predicted molar refractivity (Wildman–Crippen MR) is 154 cm³/mol. The van der Waals surface area contributed by atoms with Crippen LogP contribution in [0.1, 0.15) is 56.7 Å². The van der Waals surface area contributed by atoms with Gasteiger partial charge in [-0.05, 0) is 67.8 Å². The number of benzene rings is 1. The molecule has 2 aromatic rings. The zero-order chi connectivity index (χ0) is 28.9. The number of hydrogen-bond donors (Lipinski definition) is 0. The number of likely N-dealkylation sites (tertiary alicyclic amines) is 1. The molecule has 1 spiro atoms. The summed E-state index contributed by atoms with van der Waals surface area (Å²) in [7, 11) is 1.69. The van der Waals surface area contributed by atoms with Crippen molar-refractivity contribution in [2.45, 2.75) is 70.1 Å². The first kappa shape index (κ1) is 27.6. The Balaban J connectivity index is 1.38. The van der Waals surface area contributed by atoms with Gasteiger partial charge >= 0.3 is 5.97 Å². The van der Waals surface area contributed by atoms with Gasteiger partial charge < -0.3 is 23.5 Å². The van der Waals surface area contributed by atoms with E-state index >= 15 is 0 Å². The van der Waals surface area contributed by atoms with Gasteiger partial charge in [-0.3, -0.25) is 14.5 Å². The Bertz CT molecular complexity index is 1360. The van der Waals surface area contributed by atoms with E-state index in [9.17, 15) is 9.59 Å². The van der Waals surface area contributed by atoms with Crippen LogP contribution in [0.15, 0.2) is 53.6 Å². The van der Waals surface area contributed by atoms with Crippen molar-refractivity contribution in [3.8, 4) is 11.5 Å². The lowest BCUT2D eigenvalue weighted by Gasteiger charge is -2.60. The highest BCUT2D eigenvalue weighted by atomic mass is 16.5. The summed E-state index contributed by atoms with van der Waals surface area (Å²) in [5.41, 5.74) is 3.22. The molecule has 2 aliphatic heterocycles. The number of carbonyl (C=O) groups excluding carboxylic acids is 2. The van der Waals surface area contributed by atoms with E-state index in [0.717, 1.165) is 49.3 Å². The highest BCUT2D eigenvalue weighted by Gasteiger charge is 2.66. The van der Waals surface area contributed by atoms with Crippen LogP contribution >= 0.6 is 0 Å². The predicted octanol–water partition coefficient (Wildman–Crippen LogP) is 4.97. The van der Waals surface area contributed by atoms with Crippen molar-refractivity contribution < 1.29 is 28.2 Å². The van der Waals surface area contributed by atoms with Crippen LogP contribution in [-0.4, -0.2) is 66.6 Å². The van der Waals surface area contributed by atoms with Gasteiger partial charge in [-0.1, -0.05) is 26.5 Å². The molecule has 0 N–H and O–H groups in total. The first-order valence-corrected chi connectivity index (χ1v) is 14.7. The number of hydrogen-bond acceptors (Lipinski definition) is 7. The van der Waals surface area contributed by atoms with E-state index in [1.807, 2.05) is 23.1 Å². The van der Waals surface area contributed by atoms with E-state index < -0.39 is 0 Å². The maximum absolute atomic E-state index is 13.8. The van der Waals surface area contributed by atoms with Crippen LogP contribution in [0.4, 0.5) is 0 Å². The van der Waals surface area contributed by atoms with Crippen molar-refractivity contribution in [3.05, 3.63) is 65.8 Å². The Kier molecular flexibility index (Phi) is 7.22. The molecular formula is C33H40N2O6. The van der Waals surface area contributed by atoms with Crippen LogP contribution in [0.5, 0.6) is 11.5 Å². The molecule has 3 heterocycles. The molecule has 4 aliphatic rings. The molecule has 41 heavy (non-hydrogen) atoms. The van der Waals surface area contributed by atoms with Crippen LogP contribution in [-0.2, 0) is 26.2 Å². The third kappa shape index (κ3) is 4.66. The molecule has 1 aromatic carbocycles. The minimum absolute atomic E-state index is 0.00558. The SMILES string of the molecule is C=C(CN1CC[C@]23c4c5ccc(OC)c4O[C@H]2[C@@H](N(CC(C)C)C(=O)C=Cc2ccoc2)CC[C@H]3[C@H]1C5)OC(C)=O.